The molecule has 1 aliphatic carbocycles. The molecule has 1 amide bonds. The Morgan fingerprint density at radius 1 is 1.42 bits per heavy atom. The first-order valence-electron chi connectivity index (χ1n) is 6.00. The highest BCUT2D eigenvalue weighted by molar-refractivity contribution is 5.86. The second kappa shape index (κ2) is 5.06. The zero-order valence-corrected chi connectivity index (χ0v) is 10.3. The highest BCUT2D eigenvalue weighted by Crippen LogP contribution is 2.40. The van der Waals surface area contributed by atoms with Gasteiger partial charge in [-0.05, 0) is 24.8 Å². The Hall–Kier alpha value is -2.42. The van der Waals surface area contributed by atoms with Gasteiger partial charge < -0.3 is 5.32 Å². The van der Waals surface area contributed by atoms with Gasteiger partial charge in [-0.25, -0.2) is 0 Å². The Labute approximate surface area is 110 Å². The van der Waals surface area contributed by atoms with Crippen molar-refractivity contribution in [2.24, 2.45) is 5.41 Å². The van der Waals surface area contributed by atoms with Crippen molar-refractivity contribution in [1.82, 2.24) is 5.32 Å². The highest BCUT2D eigenvalue weighted by Gasteiger charge is 2.44. The van der Waals surface area contributed by atoms with Crippen LogP contribution in [-0.2, 0) is 11.3 Å². The lowest BCUT2D eigenvalue weighted by molar-refractivity contribution is -0.384. The van der Waals surface area contributed by atoms with E-state index in [1.807, 2.05) is 0 Å². The maximum absolute atomic E-state index is 11.9. The Kier molecular flexibility index (Phi) is 3.47. The first-order valence-corrected chi connectivity index (χ1v) is 6.00. The number of carbonyl (C=O) groups is 1. The van der Waals surface area contributed by atoms with Gasteiger partial charge in [-0.1, -0.05) is 12.1 Å². The summed E-state index contributed by atoms with van der Waals surface area (Å²) in [5.74, 6) is -0.250. The van der Waals surface area contributed by atoms with E-state index in [2.05, 4.69) is 11.4 Å². The summed E-state index contributed by atoms with van der Waals surface area (Å²) < 4.78 is 0. The molecule has 0 radical (unpaired) electrons. The van der Waals surface area contributed by atoms with Crippen molar-refractivity contribution in [2.45, 2.75) is 25.8 Å². The molecule has 6 heteroatoms. The summed E-state index contributed by atoms with van der Waals surface area (Å²) in [7, 11) is 0. The second-order valence-corrected chi connectivity index (χ2v) is 4.65. The van der Waals surface area contributed by atoms with Gasteiger partial charge in [0.1, 0.15) is 5.41 Å². The van der Waals surface area contributed by atoms with E-state index in [1.54, 1.807) is 12.1 Å². The maximum atomic E-state index is 11.9. The molecular weight excluding hydrogens is 246 g/mol. The van der Waals surface area contributed by atoms with Crippen LogP contribution >= 0.6 is 0 Å². The average molecular weight is 259 g/mol. The van der Waals surface area contributed by atoms with Crippen molar-refractivity contribution in [1.29, 1.82) is 5.26 Å². The molecule has 0 saturated heterocycles. The summed E-state index contributed by atoms with van der Waals surface area (Å²) in [6.07, 6.45) is 2.11. The van der Waals surface area contributed by atoms with E-state index in [-0.39, 0.29) is 18.1 Å². The van der Waals surface area contributed by atoms with E-state index in [9.17, 15) is 14.9 Å². The lowest BCUT2D eigenvalue weighted by Gasteiger charge is -2.33. The number of nitrogens with zero attached hydrogens (tertiary/aromatic N) is 2. The van der Waals surface area contributed by atoms with Crippen LogP contribution in [0.15, 0.2) is 24.3 Å². The summed E-state index contributed by atoms with van der Waals surface area (Å²) >= 11 is 0. The van der Waals surface area contributed by atoms with E-state index < -0.39 is 10.3 Å². The van der Waals surface area contributed by atoms with Crippen LogP contribution in [0, 0.1) is 26.9 Å². The molecular formula is C13H13N3O3. The number of amides is 1. The molecule has 1 aliphatic rings. The molecule has 1 saturated carbocycles. The lowest BCUT2D eigenvalue weighted by atomic mass is 9.69. The number of non-ortho nitro benzene ring substituents is 1. The summed E-state index contributed by atoms with van der Waals surface area (Å²) in [4.78, 5) is 21.9. The second-order valence-electron chi connectivity index (χ2n) is 4.65. The third kappa shape index (κ3) is 2.55. The summed E-state index contributed by atoms with van der Waals surface area (Å²) in [6, 6.07) is 8.05. The van der Waals surface area contributed by atoms with Crippen LogP contribution < -0.4 is 5.32 Å². The van der Waals surface area contributed by atoms with Gasteiger partial charge in [-0.15, -0.1) is 0 Å². The average Bonchev–Trinajstić information content (AvgIpc) is 2.36. The normalized spacial score (nSPS) is 15.9. The first-order chi connectivity index (χ1) is 9.07. The number of benzene rings is 1. The van der Waals surface area contributed by atoms with Gasteiger partial charge in [0.25, 0.3) is 5.69 Å². The van der Waals surface area contributed by atoms with Crippen molar-refractivity contribution in [3.8, 4) is 6.07 Å². The summed E-state index contributed by atoms with van der Waals surface area (Å²) in [6.45, 7) is 0.278. The fourth-order valence-corrected chi connectivity index (χ4v) is 2.01. The Morgan fingerprint density at radius 3 is 2.47 bits per heavy atom. The molecule has 98 valence electrons. The molecule has 0 bridgehead atoms. The number of hydrogen-bond donors (Lipinski definition) is 1. The number of nitro benzene ring substituents is 1. The monoisotopic (exact) mass is 259 g/mol. The van der Waals surface area contributed by atoms with Crippen molar-refractivity contribution in [2.75, 3.05) is 0 Å². The summed E-state index contributed by atoms with van der Waals surface area (Å²) in [5.41, 5.74) is -0.0743. The zero-order valence-electron chi connectivity index (χ0n) is 10.3. The van der Waals surface area contributed by atoms with Crippen LogP contribution in [0.4, 0.5) is 5.69 Å². The van der Waals surface area contributed by atoms with Crippen LogP contribution in [0.2, 0.25) is 0 Å². The van der Waals surface area contributed by atoms with Crippen molar-refractivity contribution >= 4 is 11.6 Å². The van der Waals surface area contributed by atoms with Crippen LogP contribution in [0.3, 0.4) is 0 Å². The fraction of sp³-hybridized carbons (Fsp3) is 0.385. The van der Waals surface area contributed by atoms with E-state index in [0.29, 0.717) is 12.8 Å². The Morgan fingerprint density at radius 2 is 2.05 bits per heavy atom. The van der Waals surface area contributed by atoms with E-state index in [1.165, 1.54) is 12.1 Å². The third-order valence-electron chi connectivity index (χ3n) is 3.46. The lowest BCUT2D eigenvalue weighted by Crippen LogP contribution is -2.44. The largest absolute Gasteiger partial charge is 0.351 e. The highest BCUT2D eigenvalue weighted by atomic mass is 16.6. The van der Waals surface area contributed by atoms with Crippen LogP contribution in [0.5, 0.6) is 0 Å². The third-order valence-corrected chi connectivity index (χ3v) is 3.46. The minimum atomic E-state index is -0.860. The molecule has 0 aromatic heterocycles. The number of carbonyl (C=O) groups excluding carboxylic acids is 1. The van der Waals surface area contributed by atoms with Crippen LogP contribution in [-0.4, -0.2) is 10.8 Å². The molecule has 6 nitrogen and oxygen atoms in total. The Bertz CT molecular complexity index is 541. The molecule has 0 spiro atoms. The predicted octanol–water partition coefficient (Wildman–Crippen LogP) is 1.90. The molecule has 0 unspecified atom stereocenters. The molecule has 1 aromatic rings. The van der Waals surface area contributed by atoms with Crippen molar-refractivity contribution < 1.29 is 9.72 Å². The number of hydrogen-bond acceptors (Lipinski definition) is 4. The quantitative estimate of drug-likeness (QED) is 0.659. The molecule has 1 N–H and O–H groups in total. The first kappa shape index (κ1) is 13.0. The van der Waals surface area contributed by atoms with Gasteiger partial charge in [-0.2, -0.15) is 5.26 Å². The van der Waals surface area contributed by atoms with Gasteiger partial charge in [0.05, 0.1) is 11.0 Å². The maximum Gasteiger partial charge on any atom is 0.269 e. The van der Waals surface area contributed by atoms with E-state index in [0.717, 1.165) is 12.0 Å². The van der Waals surface area contributed by atoms with Gasteiger partial charge in [0.15, 0.2) is 0 Å². The molecule has 0 atom stereocenters. The fourth-order valence-electron chi connectivity index (χ4n) is 2.01. The molecule has 19 heavy (non-hydrogen) atoms. The van der Waals surface area contributed by atoms with E-state index in [4.69, 9.17) is 5.26 Å². The van der Waals surface area contributed by atoms with Gasteiger partial charge in [-0.3, -0.25) is 14.9 Å². The molecule has 1 fully saturated rings. The van der Waals surface area contributed by atoms with Crippen LogP contribution in [0.1, 0.15) is 24.8 Å². The van der Waals surface area contributed by atoms with Gasteiger partial charge >= 0.3 is 0 Å². The number of nitrogens with one attached hydrogen (secondary N) is 1. The number of nitriles is 1. The van der Waals surface area contributed by atoms with Gasteiger partial charge in [0, 0.05) is 18.7 Å². The van der Waals surface area contributed by atoms with Crippen LogP contribution in [0.25, 0.3) is 0 Å². The zero-order chi connectivity index (χ0) is 13.9. The SMILES string of the molecule is N#CC1(C(=O)NCc2ccc([N+](=O)[O-])cc2)CCC1. The predicted molar refractivity (Wildman–Crippen MR) is 66.8 cm³/mol. The minimum Gasteiger partial charge on any atom is -0.351 e. The minimum absolute atomic E-state index is 0.0163. The number of rotatable bonds is 4. The van der Waals surface area contributed by atoms with Crippen molar-refractivity contribution in [3.63, 3.8) is 0 Å². The Balaban J connectivity index is 1.94. The molecule has 2 rings (SSSR count). The van der Waals surface area contributed by atoms with E-state index >= 15 is 0 Å². The van der Waals surface area contributed by atoms with Gasteiger partial charge in [0.2, 0.25) is 5.91 Å². The smallest absolute Gasteiger partial charge is 0.269 e. The molecule has 0 aliphatic heterocycles. The summed E-state index contributed by atoms with van der Waals surface area (Å²) in [5, 5.41) is 22.2. The topological polar surface area (TPSA) is 96.0 Å². The molecule has 1 aromatic carbocycles. The van der Waals surface area contributed by atoms with Crippen molar-refractivity contribution in [3.05, 3.63) is 39.9 Å². The number of nitro groups is 1. The standard InChI is InChI=1S/C13H13N3O3/c14-9-13(6-1-7-13)12(17)15-8-10-2-4-11(5-3-10)16(18)19/h2-5H,1,6-8H2,(H,15,17). The molecule has 0 heterocycles.